The zero-order valence-electron chi connectivity index (χ0n) is 12.0. The summed E-state index contributed by atoms with van der Waals surface area (Å²) in [5.41, 5.74) is 3.85. The van der Waals surface area contributed by atoms with Crippen molar-refractivity contribution < 1.29 is 0 Å². The Morgan fingerprint density at radius 1 is 1.18 bits per heavy atom. The summed E-state index contributed by atoms with van der Waals surface area (Å²) in [5, 5.41) is 18.0. The standard InChI is InChI=1S/C17H13ClN4/c1-2-12-6-8-15(9-7-12)22-17(16(11-19)20-21-22)13-4-3-5-14(18)10-13/h3-10H,2H2,1H3. The Morgan fingerprint density at radius 3 is 2.59 bits per heavy atom. The number of nitrogens with zero attached hydrogens (tertiary/aromatic N) is 4. The molecule has 1 aromatic heterocycles. The molecule has 1 heterocycles. The van der Waals surface area contributed by atoms with E-state index in [1.165, 1.54) is 5.56 Å². The van der Waals surface area contributed by atoms with Crippen molar-refractivity contribution in [1.82, 2.24) is 15.0 Å². The van der Waals surface area contributed by atoms with E-state index in [-0.39, 0.29) is 5.69 Å². The normalized spacial score (nSPS) is 10.4. The molecule has 0 aliphatic rings. The molecule has 0 radical (unpaired) electrons. The second-order valence-corrected chi connectivity index (χ2v) is 5.28. The van der Waals surface area contributed by atoms with E-state index >= 15 is 0 Å². The number of nitriles is 1. The minimum atomic E-state index is 0.279. The summed E-state index contributed by atoms with van der Waals surface area (Å²) in [4.78, 5) is 0. The van der Waals surface area contributed by atoms with Gasteiger partial charge in [0.15, 0.2) is 5.69 Å². The zero-order valence-corrected chi connectivity index (χ0v) is 12.7. The second kappa shape index (κ2) is 6.00. The smallest absolute Gasteiger partial charge is 0.191 e. The molecule has 3 rings (SSSR count). The third-order valence-electron chi connectivity index (χ3n) is 3.46. The van der Waals surface area contributed by atoms with Crippen LogP contribution in [0.3, 0.4) is 0 Å². The molecule has 0 spiro atoms. The topological polar surface area (TPSA) is 54.5 Å². The largest absolute Gasteiger partial charge is 0.211 e. The van der Waals surface area contributed by atoms with Crippen molar-refractivity contribution in [3.63, 3.8) is 0 Å². The van der Waals surface area contributed by atoms with Gasteiger partial charge in [-0.3, -0.25) is 0 Å². The van der Waals surface area contributed by atoms with E-state index in [2.05, 4.69) is 23.3 Å². The summed E-state index contributed by atoms with van der Waals surface area (Å²) >= 11 is 6.06. The quantitative estimate of drug-likeness (QED) is 0.734. The molecule has 0 saturated heterocycles. The molecule has 0 saturated carbocycles. The van der Waals surface area contributed by atoms with Crippen LogP contribution in [0.15, 0.2) is 48.5 Å². The molecule has 0 unspecified atom stereocenters. The monoisotopic (exact) mass is 308 g/mol. The maximum Gasteiger partial charge on any atom is 0.191 e. The van der Waals surface area contributed by atoms with E-state index in [0.717, 1.165) is 17.7 Å². The van der Waals surface area contributed by atoms with Gasteiger partial charge >= 0.3 is 0 Å². The van der Waals surface area contributed by atoms with Crippen LogP contribution in [-0.4, -0.2) is 15.0 Å². The van der Waals surface area contributed by atoms with Crippen molar-refractivity contribution in [3.05, 3.63) is 64.8 Å². The molecule has 4 nitrogen and oxygen atoms in total. The Labute approximate surface area is 133 Å². The first-order chi connectivity index (χ1) is 10.7. The highest BCUT2D eigenvalue weighted by molar-refractivity contribution is 6.30. The molecule has 5 heteroatoms. The molecule has 0 N–H and O–H groups in total. The predicted octanol–water partition coefficient (Wildman–Crippen LogP) is 4.02. The Balaban J connectivity index is 2.17. The molecular weight excluding hydrogens is 296 g/mol. The predicted molar refractivity (Wildman–Crippen MR) is 85.9 cm³/mol. The molecule has 0 aliphatic heterocycles. The number of hydrogen-bond donors (Lipinski definition) is 0. The second-order valence-electron chi connectivity index (χ2n) is 4.84. The summed E-state index contributed by atoms with van der Waals surface area (Å²) < 4.78 is 1.67. The molecule has 22 heavy (non-hydrogen) atoms. The minimum Gasteiger partial charge on any atom is -0.211 e. The maximum absolute atomic E-state index is 9.29. The van der Waals surface area contributed by atoms with Gasteiger partial charge in [0.2, 0.25) is 0 Å². The highest BCUT2D eigenvalue weighted by atomic mass is 35.5. The molecule has 0 atom stereocenters. The van der Waals surface area contributed by atoms with Gasteiger partial charge in [0, 0.05) is 10.6 Å². The number of benzene rings is 2. The van der Waals surface area contributed by atoms with Gasteiger partial charge in [0.1, 0.15) is 11.8 Å². The number of aryl methyl sites for hydroxylation is 1. The first-order valence-electron chi connectivity index (χ1n) is 6.94. The Bertz CT molecular complexity index is 844. The molecule has 108 valence electrons. The van der Waals surface area contributed by atoms with E-state index in [9.17, 15) is 5.26 Å². The van der Waals surface area contributed by atoms with Gasteiger partial charge < -0.3 is 0 Å². The van der Waals surface area contributed by atoms with Gasteiger partial charge in [-0.1, -0.05) is 48.0 Å². The molecule has 2 aromatic carbocycles. The number of halogens is 1. The van der Waals surface area contributed by atoms with Crippen molar-refractivity contribution in [1.29, 1.82) is 5.26 Å². The van der Waals surface area contributed by atoms with E-state index in [0.29, 0.717) is 10.7 Å². The van der Waals surface area contributed by atoms with E-state index in [4.69, 9.17) is 11.6 Å². The molecule has 3 aromatic rings. The van der Waals surface area contributed by atoms with Crippen LogP contribution in [0.1, 0.15) is 18.2 Å². The summed E-state index contributed by atoms with van der Waals surface area (Å²) in [6.07, 6.45) is 0.974. The summed E-state index contributed by atoms with van der Waals surface area (Å²) in [5.74, 6) is 0. The fourth-order valence-electron chi connectivity index (χ4n) is 2.31. The van der Waals surface area contributed by atoms with Crippen LogP contribution in [0.4, 0.5) is 0 Å². The molecular formula is C17H13ClN4. The summed E-state index contributed by atoms with van der Waals surface area (Å²) in [7, 11) is 0. The number of hydrogen-bond acceptors (Lipinski definition) is 3. The lowest BCUT2D eigenvalue weighted by Crippen LogP contribution is -2.00. The molecule has 0 fully saturated rings. The maximum atomic E-state index is 9.29. The van der Waals surface area contributed by atoms with E-state index < -0.39 is 0 Å². The van der Waals surface area contributed by atoms with Gasteiger partial charge in [-0.2, -0.15) is 5.26 Å². The average molecular weight is 309 g/mol. The SMILES string of the molecule is CCc1ccc(-n2nnc(C#N)c2-c2cccc(Cl)c2)cc1. The minimum absolute atomic E-state index is 0.279. The van der Waals surface area contributed by atoms with E-state index in [1.807, 2.05) is 36.4 Å². The van der Waals surface area contributed by atoms with Crippen LogP contribution >= 0.6 is 11.6 Å². The van der Waals surface area contributed by atoms with E-state index in [1.54, 1.807) is 16.8 Å². The van der Waals surface area contributed by atoms with Gasteiger partial charge in [0.25, 0.3) is 0 Å². The first kappa shape index (κ1) is 14.3. The van der Waals surface area contributed by atoms with Gasteiger partial charge in [-0.15, -0.1) is 5.10 Å². The van der Waals surface area contributed by atoms with Gasteiger partial charge in [0.05, 0.1) is 5.69 Å². The lowest BCUT2D eigenvalue weighted by Gasteiger charge is -2.08. The van der Waals surface area contributed by atoms with Crippen LogP contribution in [0.2, 0.25) is 5.02 Å². The Kier molecular flexibility index (Phi) is 3.90. The molecule has 0 aliphatic carbocycles. The average Bonchev–Trinajstić information content (AvgIpc) is 2.99. The fourth-order valence-corrected chi connectivity index (χ4v) is 2.50. The molecule has 0 bridgehead atoms. The van der Waals surface area contributed by atoms with Crippen molar-refractivity contribution in [2.24, 2.45) is 0 Å². The van der Waals surface area contributed by atoms with Gasteiger partial charge in [-0.05, 0) is 36.2 Å². The van der Waals surface area contributed by atoms with Crippen LogP contribution in [0.5, 0.6) is 0 Å². The fraction of sp³-hybridized carbons (Fsp3) is 0.118. The third-order valence-corrected chi connectivity index (χ3v) is 3.70. The van der Waals surface area contributed by atoms with Crippen LogP contribution in [0, 0.1) is 11.3 Å². The third kappa shape index (κ3) is 2.59. The first-order valence-corrected chi connectivity index (χ1v) is 7.31. The van der Waals surface area contributed by atoms with Crippen LogP contribution < -0.4 is 0 Å². The van der Waals surface area contributed by atoms with Crippen molar-refractivity contribution in [3.8, 4) is 23.0 Å². The highest BCUT2D eigenvalue weighted by Gasteiger charge is 2.16. The zero-order chi connectivity index (χ0) is 15.5. The van der Waals surface area contributed by atoms with Crippen molar-refractivity contribution in [2.75, 3.05) is 0 Å². The number of aromatic nitrogens is 3. The summed E-state index contributed by atoms with van der Waals surface area (Å²) in [6, 6.07) is 17.5. The highest BCUT2D eigenvalue weighted by Crippen LogP contribution is 2.27. The lowest BCUT2D eigenvalue weighted by molar-refractivity contribution is 0.806. The van der Waals surface area contributed by atoms with Crippen molar-refractivity contribution >= 4 is 11.6 Å². The van der Waals surface area contributed by atoms with Gasteiger partial charge in [-0.25, -0.2) is 4.68 Å². The summed E-state index contributed by atoms with van der Waals surface area (Å²) in [6.45, 7) is 2.11. The van der Waals surface area contributed by atoms with Crippen molar-refractivity contribution in [2.45, 2.75) is 13.3 Å². The lowest BCUT2D eigenvalue weighted by atomic mass is 10.1. The van der Waals surface area contributed by atoms with Crippen LogP contribution in [0.25, 0.3) is 16.9 Å². The number of rotatable bonds is 3. The Morgan fingerprint density at radius 2 is 1.95 bits per heavy atom. The van der Waals surface area contributed by atoms with Crippen LogP contribution in [-0.2, 0) is 6.42 Å². The Hall–Kier alpha value is -2.64. The molecule has 0 amide bonds.